The van der Waals surface area contributed by atoms with Gasteiger partial charge < -0.3 is 9.80 Å². The Hall–Kier alpha value is -2.16. The van der Waals surface area contributed by atoms with Crippen LogP contribution in [0.2, 0.25) is 5.02 Å². The number of nitrogens with zero attached hydrogens (tertiary/aromatic N) is 3. The number of piperazine rings is 1. The van der Waals surface area contributed by atoms with E-state index in [4.69, 9.17) is 11.6 Å². The lowest BCUT2D eigenvalue weighted by Crippen LogP contribution is -2.55. The predicted octanol–water partition coefficient (Wildman–Crippen LogP) is 4.88. The second-order valence-corrected chi connectivity index (χ2v) is 12.4. The van der Waals surface area contributed by atoms with Gasteiger partial charge in [-0.25, -0.2) is 17.1 Å². The summed E-state index contributed by atoms with van der Waals surface area (Å²) >= 11 is 6.17. The zero-order valence-corrected chi connectivity index (χ0v) is 21.7. The molecule has 2 unspecified atom stereocenters. The van der Waals surface area contributed by atoms with Crippen molar-refractivity contribution in [1.29, 1.82) is 0 Å². The molecule has 3 aliphatic rings. The average Bonchev–Trinajstić information content (AvgIpc) is 3.63. The third-order valence-electron chi connectivity index (χ3n) is 7.47. The van der Waals surface area contributed by atoms with Gasteiger partial charge in [-0.3, -0.25) is 4.79 Å². The average molecular weight is 520 g/mol. The van der Waals surface area contributed by atoms with Crippen LogP contribution in [0.3, 0.4) is 0 Å². The maximum atomic E-state index is 13.5. The molecule has 2 bridgehead atoms. The highest BCUT2D eigenvalue weighted by Crippen LogP contribution is 2.48. The van der Waals surface area contributed by atoms with Crippen LogP contribution < -0.4 is 4.90 Å². The number of amides is 1. The highest BCUT2D eigenvalue weighted by molar-refractivity contribution is 7.89. The quantitative estimate of drug-likeness (QED) is 0.523. The van der Waals surface area contributed by atoms with Crippen LogP contribution >= 0.6 is 11.6 Å². The molecule has 2 heterocycles. The van der Waals surface area contributed by atoms with Gasteiger partial charge in [-0.2, -0.15) is 0 Å². The van der Waals surface area contributed by atoms with E-state index >= 15 is 0 Å². The normalized spacial score (nSPS) is 22.2. The van der Waals surface area contributed by atoms with Crippen LogP contribution in [-0.2, 0) is 10.0 Å². The molecule has 2 aromatic rings. The molecule has 9 heteroatoms. The number of carbonyl (C=O) groups is 1. The van der Waals surface area contributed by atoms with Crippen LogP contribution in [0.25, 0.3) is 0 Å². The number of benzene rings is 2. The molecule has 3 fully saturated rings. The van der Waals surface area contributed by atoms with Gasteiger partial charge in [0, 0.05) is 44.5 Å². The topological polar surface area (TPSA) is 60.9 Å². The first-order valence-corrected chi connectivity index (χ1v) is 14.2. The molecule has 0 radical (unpaired) electrons. The standard InChI is InChI=1S/C26H31ClFN3O3S/c1-3-12-29(2)35(33,34)21-9-11-22(17-4-5-17)25(14-21)31-19-7-8-20(31)16-30(15-19)26(32)23-10-6-18(28)13-24(23)27/h6,9-11,13-14,17,19-20H,3-5,7-8,12,15-16H2,1-2H3. The monoisotopic (exact) mass is 519 g/mol. The summed E-state index contributed by atoms with van der Waals surface area (Å²) in [6.07, 6.45) is 4.85. The van der Waals surface area contributed by atoms with Crippen molar-refractivity contribution in [2.45, 2.75) is 61.9 Å². The van der Waals surface area contributed by atoms with Gasteiger partial charge in [0.15, 0.2) is 0 Å². The lowest BCUT2D eigenvalue weighted by Gasteiger charge is -2.43. The summed E-state index contributed by atoms with van der Waals surface area (Å²) in [5, 5.41) is 0.120. The summed E-state index contributed by atoms with van der Waals surface area (Å²) in [4.78, 5) is 17.7. The van der Waals surface area contributed by atoms with Crippen LogP contribution in [0.4, 0.5) is 10.1 Å². The zero-order chi connectivity index (χ0) is 24.9. The van der Waals surface area contributed by atoms with Gasteiger partial charge in [-0.1, -0.05) is 24.6 Å². The minimum absolute atomic E-state index is 0.0979. The van der Waals surface area contributed by atoms with Crippen LogP contribution in [0.5, 0.6) is 0 Å². The Morgan fingerprint density at radius 2 is 1.77 bits per heavy atom. The van der Waals surface area contributed by atoms with E-state index in [-0.39, 0.29) is 23.0 Å². The summed E-state index contributed by atoms with van der Waals surface area (Å²) in [5.41, 5.74) is 2.52. The summed E-state index contributed by atoms with van der Waals surface area (Å²) in [5.74, 6) is -0.192. The van der Waals surface area contributed by atoms with E-state index in [2.05, 4.69) is 4.90 Å². The first kappa shape index (κ1) is 24.5. The number of rotatable bonds is 7. The van der Waals surface area contributed by atoms with Gasteiger partial charge in [0.2, 0.25) is 10.0 Å². The second-order valence-electron chi connectivity index (χ2n) is 9.95. The van der Waals surface area contributed by atoms with Gasteiger partial charge in [0.05, 0.1) is 15.5 Å². The molecule has 6 nitrogen and oxygen atoms in total. The van der Waals surface area contributed by atoms with E-state index in [9.17, 15) is 17.6 Å². The first-order chi connectivity index (χ1) is 16.7. The van der Waals surface area contributed by atoms with Crippen molar-refractivity contribution in [3.63, 3.8) is 0 Å². The number of sulfonamides is 1. The van der Waals surface area contributed by atoms with Crippen molar-refractivity contribution in [2.24, 2.45) is 0 Å². The highest BCUT2D eigenvalue weighted by atomic mass is 35.5. The van der Waals surface area contributed by atoms with Gasteiger partial charge in [-0.15, -0.1) is 0 Å². The van der Waals surface area contributed by atoms with Gasteiger partial charge in [0.1, 0.15) is 5.82 Å². The Morgan fingerprint density at radius 1 is 1.09 bits per heavy atom. The Balaban J connectivity index is 1.45. The van der Waals surface area contributed by atoms with Crippen molar-refractivity contribution >= 4 is 33.2 Å². The van der Waals surface area contributed by atoms with Gasteiger partial charge >= 0.3 is 0 Å². The molecule has 35 heavy (non-hydrogen) atoms. The molecule has 1 aliphatic carbocycles. The lowest BCUT2D eigenvalue weighted by molar-refractivity contribution is 0.0718. The summed E-state index contributed by atoms with van der Waals surface area (Å²) in [6, 6.07) is 9.67. The third kappa shape index (κ3) is 4.56. The molecule has 2 aliphatic heterocycles. The molecule has 2 saturated heterocycles. The Bertz CT molecular complexity index is 1240. The smallest absolute Gasteiger partial charge is 0.255 e. The second kappa shape index (κ2) is 9.37. The molecule has 2 atom stereocenters. The number of hydrogen-bond donors (Lipinski definition) is 0. The molecular weight excluding hydrogens is 489 g/mol. The molecule has 1 saturated carbocycles. The molecule has 1 amide bonds. The molecule has 0 spiro atoms. The largest absolute Gasteiger partial charge is 0.362 e. The van der Waals surface area contributed by atoms with E-state index in [1.165, 1.54) is 28.1 Å². The number of halogens is 2. The minimum Gasteiger partial charge on any atom is -0.362 e. The Labute approximate surface area is 211 Å². The van der Waals surface area contributed by atoms with Crippen LogP contribution in [0.1, 0.15) is 60.9 Å². The summed E-state index contributed by atoms with van der Waals surface area (Å²) < 4.78 is 41.3. The minimum atomic E-state index is -3.57. The van der Waals surface area contributed by atoms with Gasteiger partial charge in [0.25, 0.3) is 5.91 Å². The summed E-state index contributed by atoms with van der Waals surface area (Å²) in [7, 11) is -1.94. The van der Waals surface area contributed by atoms with E-state index in [0.717, 1.165) is 37.8 Å². The number of anilines is 1. The van der Waals surface area contributed by atoms with E-state index in [1.807, 2.05) is 24.0 Å². The summed E-state index contributed by atoms with van der Waals surface area (Å²) in [6.45, 7) is 3.49. The van der Waals surface area contributed by atoms with Crippen molar-refractivity contribution in [3.05, 3.63) is 58.4 Å². The van der Waals surface area contributed by atoms with E-state index in [1.54, 1.807) is 13.1 Å². The van der Waals surface area contributed by atoms with Gasteiger partial charge in [-0.05, 0) is 73.9 Å². The third-order valence-corrected chi connectivity index (χ3v) is 9.64. The Kier molecular flexibility index (Phi) is 6.57. The molecule has 0 aromatic heterocycles. The number of fused-ring (bicyclic) bond motifs is 2. The van der Waals surface area contributed by atoms with Crippen molar-refractivity contribution in [2.75, 3.05) is 31.6 Å². The molecular formula is C26H31ClFN3O3S. The van der Waals surface area contributed by atoms with Crippen LogP contribution in [0, 0.1) is 5.82 Å². The number of hydrogen-bond acceptors (Lipinski definition) is 4. The van der Waals surface area contributed by atoms with E-state index < -0.39 is 15.8 Å². The van der Waals surface area contributed by atoms with E-state index in [0.29, 0.717) is 36.0 Å². The SMILES string of the molecule is CCCN(C)S(=O)(=O)c1ccc(C2CC2)c(N2C3CCC2CN(C(=O)c2ccc(F)cc2Cl)C3)c1. The molecule has 2 aromatic carbocycles. The first-order valence-electron chi connectivity index (χ1n) is 12.3. The molecule has 188 valence electrons. The number of likely N-dealkylation sites (tertiary alicyclic amines) is 1. The fraction of sp³-hybridized carbons (Fsp3) is 0.500. The molecule has 5 rings (SSSR count). The van der Waals surface area contributed by atoms with Crippen molar-refractivity contribution in [1.82, 2.24) is 9.21 Å². The van der Waals surface area contributed by atoms with Crippen LogP contribution in [0.15, 0.2) is 41.3 Å². The Morgan fingerprint density at radius 3 is 2.37 bits per heavy atom. The predicted molar refractivity (Wildman–Crippen MR) is 135 cm³/mol. The zero-order valence-electron chi connectivity index (χ0n) is 20.1. The lowest BCUT2D eigenvalue weighted by atomic mass is 10.0. The van der Waals surface area contributed by atoms with Crippen molar-refractivity contribution in [3.8, 4) is 0 Å². The van der Waals surface area contributed by atoms with Crippen LogP contribution in [-0.4, -0.2) is 62.3 Å². The fourth-order valence-corrected chi connectivity index (χ4v) is 7.09. The highest BCUT2D eigenvalue weighted by Gasteiger charge is 2.44. The maximum absolute atomic E-state index is 13.5. The number of carbonyl (C=O) groups excluding carboxylic acids is 1. The maximum Gasteiger partial charge on any atom is 0.255 e. The fourth-order valence-electron chi connectivity index (χ4n) is 5.56. The molecule has 0 N–H and O–H groups in total. The van der Waals surface area contributed by atoms with Crippen molar-refractivity contribution < 1.29 is 17.6 Å².